The van der Waals surface area contributed by atoms with E-state index in [1.165, 1.54) is 0 Å². The van der Waals surface area contributed by atoms with Crippen LogP contribution in [0.3, 0.4) is 0 Å². The summed E-state index contributed by atoms with van der Waals surface area (Å²) in [5, 5.41) is 17.4. The molecular formula is C24H26N8O. The Hall–Kier alpha value is -3.93. The van der Waals surface area contributed by atoms with Crippen LogP contribution in [0.1, 0.15) is 26.3 Å². The van der Waals surface area contributed by atoms with Crippen LogP contribution in [0.2, 0.25) is 0 Å². The largest absolute Gasteiger partial charge is 0.370 e. The van der Waals surface area contributed by atoms with Gasteiger partial charge < -0.3 is 9.47 Å². The van der Waals surface area contributed by atoms with Crippen molar-refractivity contribution < 1.29 is 4.79 Å². The molecule has 3 aromatic rings. The van der Waals surface area contributed by atoms with Crippen LogP contribution in [0.5, 0.6) is 0 Å². The lowest BCUT2D eigenvalue weighted by atomic mass is 10.1. The lowest BCUT2D eigenvalue weighted by molar-refractivity contribution is 0.255. The Morgan fingerprint density at radius 3 is 2.52 bits per heavy atom. The first-order chi connectivity index (χ1) is 16.0. The van der Waals surface area contributed by atoms with Crippen LogP contribution in [0.15, 0.2) is 48.8 Å². The number of carbonyl (C=O) groups excluding carboxylic acids is 1. The number of pyridine rings is 1. The molecule has 1 unspecified atom stereocenters. The van der Waals surface area contributed by atoms with E-state index in [0.29, 0.717) is 30.4 Å². The predicted octanol–water partition coefficient (Wildman–Crippen LogP) is 3.72. The summed E-state index contributed by atoms with van der Waals surface area (Å²) in [4.78, 5) is 23.7. The summed E-state index contributed by atoms with van der Waals surface area (Å²) in [5.41, 5.74) is 2.64. The monoisotopic (exact) mass is 442 g/mol. The van der Waals surface area contributed by atoms with Crippen LogP contribution in [0, 0.1) is 17.2 Å². The van der Waals surface area contributed by atoms with E-state index in [4.69, 9.17) is 10.2 Å². The number of carbonyl (C=O) groups is 1. The summed E-state index contributed by atoms with van der Waals surface area (Å²) in [6.45, 7) is 6.93. The highest BCUT2D eigenvalue weighted by atomic mass is 16.2. The Morgan fingerprint density at radius 1 is 1.03 bits per heavy atom. The fourth-order valence-corrected chi connectivity index (χ4v) is 4.43. The second-order valence-corrected chi connectivity index (χ2v) is 8.70. The molecular weight excluding hydrogens is 416 g/mol. The van der Waals surface area contributed by atoms with E-state index in [2.05, 4.69) is 35.0 Å². The Kier molecular flexibility index (Phi) is 5.42. The number of rotatable bonds is 5. The van der Waals surface area contributed by atoms with Crippen molar-refractivity contribution in [3.05, 3.63) is 48.8 Å². The Labute approximate surface area is 192 Å². The van der Waals surface area contributed by atoms with Gasteiger partial charge in [0.05, 0.1) is 12.0 Å². The summed E-state index contributed by atoms with van der Waals surface area (Å²) in [7, 11) is 0. The van der Waals surface area contributed by atoms with E-state index in [-0.39, 0.29) is 18.0 Å². The lowest BCUT2D eigenvalue weighted by Crippen LogP contribution is -2.32. The summed E-state index contributed by atoms with van der Waals surface area (Å²) in [5.74, 6) is 1.39. The topological polar surface area (TPSA) is 94.2 Å². The molecule has 1 atom stereocenters. The molecule has 2 saturated heterocycles. The molecule has 2 amide bonds. The van der Waals surface area contributed by atoms with Crippen LogP contribution in [-0.4, -0.2) is 52.0 Å². The molecule has 9 nitrogen and oxygen atoms in total. The molecule has 0 spiro atoms. The second-order valence-electron chi connectivity index (χ2n) is 8.70. The van der Waals surface area contributed by atoms with Crippen molar-refractivity contribution in [1.29, 1.82) is 5.26 Å². The number of amides is 2. The molecule has 2 aliphatic rings. The number of anilines is 3. The molecule has 2 aromatic heterocycles. The van der Waals surface area contributed by atoms with Crippen molar-refractivity contribution in [1.82, 2.24) is 19.7 Å². The normalized spacial score (nSPS) is 18.4. The average Bonchev–Trinajstić information content (AvgIpc) is 3.59. The fourth-order valence-electron chi connectivity index (χ4n) is 4.43. The zero-order valence-electron chi connectivity index (χ0n) is 18.8. The Balaban J connectivity index is 1.33. The average molecular weight is 443 g/mol. The zero-order valence-corrected chi connectivity index (χ0v) is 18.8. The summed E-state index contributed by atoms with van der Waals surface area (Å²) < 4.78 is 1.96. The highest BCUT2D eigenvalue weighted by molar-refractivity contribution is 6.05. The molecule has 0 bridgehead atoms. The maximum absolute atomic E-state index is 13.2. The smallest absolute Gasteiger partial charge is 0.330 e. The van der Waals surface area contributed by atoms with Crippen LogP contribution in [0.25, 0.3) is 11.5 Å². The van der Waals surface area contributed by atoms with E-state index in [1.807, 2.05) is 47.0 Å². The Bertz CT molecular complexity index is 1200. The molecule has 5 rings (SSSR count). The van der Waals surface area contributed by atoms with E-state index >= 15 is 0 Å². The van der Waals surface area contributed by atoms with Gasteiger partial charge in [-0.25, -0.2) is 9.78 Å². The van der Waals surface area contributed by atoms with E-state index in [0.717, 1.165) is 30.9 Å². The van der Waals surface area contributed by atoms with Gasteiger partial charge in [-0.3, -0.25) is 9.80 Å². The predicted molar refractivity (Wildman–Crippen MR) is 126 cm³/mol. The van der Waals surface area contributed by atoms with E-state index in [9.17, 15) is 4.79 Å². The van der Waals surface area contributed by atoms with Gasteiger partial charge in [-0.15, -0.1) is 10.2 Å². The number of urea groups is 1. The van der Waals surface area contributed by atoms with E-state index in [1.54, 1.807) is 16.1 Å². The van der Waals surface area contributed by atoms with Crippen LogP contribution in [0.4, 0.5) is 22.0 Å². The highest BCUT2D eigenvalue weighted by Gasteiger charge is 2.32. The van der Waals surface area contributed by atoms with Crippen molar-refractivity contribution in [2.45, 2.75) is 26.3 Å². The summed E-state index contributed by atoms with van der Waals surface area (Å²) >= 11 is 0. The molecule has 168 valence electrons. The molecule has 4 heterocycles. The lowest BCUT2D eigenvalue weighted by Gasteiger charge is -2.21. The maximum Gasteiger partial charge on any atom is 0.330 e. The summed E-state index contributed by atoms with van der Waals surface area (Å²) in [6, 6.07) is 16.1. The van der Waals surface area contributed by atoms with Gasteiger partial charge in [0, 0.05) is 43.6 Å². The van der Waals surface area contributed by atoms with Crippen LogP contribution < -0.4 is 14.7 Å². The third-order valence-electron chi connectivity index (χ3n) is 6.28. The first kappa shape index (κ1) is 20.9. The second kappa shape index (κ2) is 8.54. The molecule has 33 heavy (non-hydrogen) atoms. The first-order valence-electron chi connectivity index (χ1n) is 11.3. The SMILES string of the molecule is CC(C)n1cnnc1-c1cccc(N2CCN(c3ccc(N4CCC(C#N)C4)cc3)C2=O)n1. The molecule has 9 heteroatoms. The van der Waals surface area contributed by atoms with Gasteiger partial charge in [0.15, 0.2) is 5.82 Å². The van der Waals surface area contributed by atoms with Gasteiger partial charge in [0.1, 0.15) is 17.8 Å². The summed E-state index contributed by atoms with van der Waals surface area (Å²) in [6.07, 6.45) is 2.60. The molecule has 0 saturated carbocycles. The van der Waals surface area contributed by atoms with Gasteiger partial charge in [0.2, 0.25) is 0 Å². The number of hydrogen-bond donors (Lipinski definition) is 0. The van der Waals surface area contributed by atoms with Crippen molar-refractivity contribution in [2.24, 2.45) is 5.92 Å². The number of hydrogen-bond acceptors (Lipinski definition) is 6. The minimum atomic E-state index is -0.0940. The fraction of sp³-hybridized carbons (Fsp3) is 0.375. The molecule has 2 fully saturated rings. The van der Waals surface area contributed by atoms with Crippen molar-refractivity contribution in [3.63, 3.8) is 0 Å². The minimum absolute atomic E-state index is 0.0936. The van der Waals surface area contributed by atoms with Crippen LogP contribution >= 0.6 is 0 Å². The number of benzene rings is 1. The minimum Gasteiger partial charge on any atom is -0.370 e. The quantitative estimate of drug-likeness (QED) is 0.598. The van der Waals surface area contributed by atoms with Crippen molar-refractivity contribution in [3.8, 4) is 17.6 Å². The van der Waals surface area contributed by atoms with Crippen molar-refractivity contribution >= 4 is 23.2 Å². The first-order valence-corrected chi connectivity index (χ1v) is 11.3. The third kappa shape index (κ3) is 3.89. The number of aromatic nitrogens is 4. The Morgan fingerprint density at radius 2 is 1.79 bits per heavy atom. The van der Waals surface area contributed by atoms with Gasteiger partial charge in [0.25, 0.3) is 0 Å². The van der Waals surface area contributed by atoms with Crippen molar-refractivity contribution in [2.75, 3.05) is 40.9 Å². The zero-order chi connectivity index (χ0) is 22.9. The maximum atomic E-state index is 13.2. The molecule has 1 aromatic carbocycles. The van der Waals surface area contributed by atoms with Gasteiger partial charge in [-0.1, -0.05) is 6.07 Å². The van der Waals surface area contributed by atoms with Gasteiger partial charge in [-0.05, 0) is 56.7 Å². The number of nitriles is 1. The third-order valence-corrected chi connectivity index (χ3v) is 6.28. The standard InChI is InChI=1S/C24H26N8O/c1-17(2)32-16-26-28-23(32)21-4-3-5-22(27-21)31-13-12-30(24(31)33)20-8-6-19(7-9-20)29-11-10-18(14-25)15-29/h3-9,16-18H,10-13,15H2,1-2H3. The number of nitrogens with zero attached hydrogens (tertiary/aromatic N) is 8. The highest BCUT2D eigenvalue weighted by Crippen LogP contribution is 2.29. The van der Waals surface area contributed by atoms with E-state index < -0.39 is 0 Å². The van der Waals surface area contributed by atoms with Gasteiger partial charge in [-0.2, -0.15) is 5.26 Å². The molecule has 2 aliphatic heterocycles. The molecule has 0 aliphatic carbocycles. The molecule has 0 N–H and O–H groups in total. The molecule has 0 radical (unpaired) electrons. The van der Waals surface area contributed by atoms with Crippen LogP contribution in [-0.2, 0) is 0 Å². The van der Waals surface area contributed by atoms with Gasteiger partial charge >= 0.3 is 6.03 Å².